The highest BCUT2D eigenvalue weighted by molar-refractivity contribution is 9.10. The third-order valence-corrected chi connectivity index (χ3v) is 7.72. The molecule has 1 heterocycles. The Kier molecular flexibility index (Phi) is 6.32. The molecule has 3 rings (SSSR count). The molecule has 0 spiro atoms. The molecule has 1 fully saturated rings. The van der Waals surface area contributed by atoms with Gasteiger partial charge in [0.25, 0.3) is 0 Å². The van der Waals surface area contributed by atoms with Crippen molar-refractivity contribution in [3.05, 3.63) is 64.4 Å². The van der Waals surface area contributed by atoms with Crippen LogP contribution in [0.3, 0.4) is 0 Å². The monoisotopic (exact) mass is 453 g/mol. The fraction of sp³-hybridized carbons (Fsp3) is 0.350. The molecule has 0 bridgehead atoms. The minimum absolute atomic E-state index is 0.0514. The van der Waals surface area contributed by atoms with Crippen LogP contribution in [0, 0.1) is 5.82 Å². The molecule has 4 nitrogen and oxygen atoms in total. The second-order valence-corrected chi connectivity index (χ2v) is 9.85. The number of rotatable bonds is 5. The van der Waals surface area contributed by atoms with Gasteiger partial charge >= 0.3 is 0 Å². The van der Waals surface area contributed by atoms with Crippen LogP contribution in [-0.2, 0) is 21.1 Å². The number of amides is 1. The largest absolute Gasteiger partial charge is 0.343 e. The summed E-state index contributed by atoms with van der Waals surface area (Å²) in [5.74, 6) is -0.407. The van der Waals surface area contributed by atoms with Crippen molar-refractivity contribution in [1.82, 2.24) is 4.90 Å². The Morgan fingerprint density at radius 1 is 1.04 bits per heavy atom. The molecule has 144 valence electrons. The van der Waals surface area contributed by atoms with E-state index in [0.29, 0.717) is 38.8 Å². The molecule has 1 aliphatic rings. The van der Waals surface area contributed by atoms with Crippen molar-refractivity contribution in [2.24, 2.45) is 0 Å². The van der Waals surface area contributed by atoms with Gasteiger partial charge in [0.1, 0.15) is 5.82 Å². The zero-order valence-electron chi connectivity index (χ0n) is 14.8. The van der Waals surface area contributed by atoms with Gasteiger partial charge in [-0.3, -0.25) is 4.79 Å². The lowest BCUT2D eigenvalue weighted by molar-refractivity contribution is -0.132. The van der Waals surface area contributed by atoms with Gasteiger partial charge in [0.2, 0.25) is 5.91 Å². The number of hydrogen-bond acceptors (Lipinski definition) is 3. The Morgan fingerprint density at radius 2 is 1.63 bits per heavy atom. The molecule has 1 saturated heterocycles. The number of hydrogen-bond donors (Lipinski definition) is 0. The summed E-state index contributed by atoms with van der Waals surface area (Å²) in [6, 6.07) is 12.8. The summed E-state index contributed by atoms with van der Waals surface area (Å²) in [5, 5.41) is -0.529. The van der Waals surface area contributed by atoms with E-state index in [1.54, 1.807) is 4.90 Å². The first-order valence-electron chi connectivity index (χ1n) is 8.88. The van der Waals surface area contributed by atoms with Gasteiger partial charge in [-0.1, -0.05) is 28.1 Å². The van der Waals surface area contributed by atoms with Crippen molar-refractivity contribution in [3.63, 3.8) is 0 Å². The molecule has 0 aliphatic carbocycles. The molecule has 0 aromatic heterocycles. The van der Waals surface area contributed by atoms with E-state index in [0.717, 1.165) is 22.2 Å². The number of sulfone groups is 1. The minimum Gasteiger partial charge on any atom is -0.343 e. The molecule has 2 aromatic rings. The molecule has 1 aliphatic heterocycles. The molecule has 0 unspecified atom stereocenters. The molecule has 0 saturated carbocycles. The number of likely N-dealkylation sites (tertiary alicyclic amines) is 1. The predicted octanol–water partition coefficient (Wildman–Crippen LogP) is 3.99. The Balaban J connectivity index is 1.54. The number of halogens is 2. The van der Waals surface area contributed by atoms with Crippen molar-refractivity contribution in [2.45, 2.75) is 35.8 Å². The van der Waals surface area contributed by atoms with Gasteiger partial charge in [-0.2, -0.15) is 0 Å². The van der Waals surface area contributed by atoms with Crippen LogP contribution in [0.4, 0.5) is 4.39 Å². The number of carbonyl (C=O) groups is 1. The van der Waals surface area contributed by atoms with Crippen LogP contribution in [-0.4, -0.2) is 37.6 Å². The third kappa shape index (κ3) is 4.96. The molecule has 0 N–H and O–H groups in total. The van der Waals surface area contributed by atoms with Crippen molar-refractivity contribution < 1.29 is 17.6 Å². The maximum absolute atomic E-state index is 13.0. The van der Waals surface area contributed by atoms with Crippen molar-refractivity contribution in [3.8, 4) is 0 Å². The summed E-state index contributed by atoms with van der Waals surface area (Å²) in [6.07, 6.45) is 1.89. The zero-order valence-corrected chi connectivity index (χ0v) is 17.2. The molecule has 1 amide bonds. The molecular formula is C20H21BrFNO3S. The normalized spacial score (nSPS) is 15.7. The summed E-state index contributed by atoms with van der Waals surface area (Å²) in [5.41, 5.74) is 1.10. The highest BCUT2D eigenvalue weighted by Gasteiger charge is 2.32. The highest BCUT2D eigenvalue weighted by Crippen LogP contribution is 2.25. The quantitative estimate of drug-likeness (QED) is 0.643. The first kappa shape index (κ1) is 20.0. The van der Waals surface area contributed by atoms with Gasteiger partial charge in [0.05, 0.1) is 10.1 Å². The average molecular weight is 454 g/mol. The van der Waals surface area contributed by atoms with E-state index in [1.807, 2.05) is 24.3 Å². The van der Waals surface area contributed by atoms with Crippen LogP contribution in [0.2, 0.25) is 0 Å². The summed E-state index contributed by atoms with van der Waals surface area (Å²) >= 11 is 3.39. The van der Waals surface area contributed by atoms with E-state index in [1.165, 1.54) is 12.1 Å². The van der Waals surface area contributed by atoms with Crippen LogP contribution in [0.5, 0.6) is 0 Å². The summed E-state index contributed by atoms with van der Waals surface area (Å²) in [6.45, 7) is 0.870. The van der Waals surface area contributed by atoms with Crippen LogP contribution < -0.4 is 0 Å². The number of aryl methyl sites for hydroxylation is 1. The van der Waals surface area contributed by atoms with Crippen LogP contribution in [0.25, 0.3) is 0 Å². The Morgan fingerprint density at radius 3 is 2.22 bits per heavy atom. The first-order chi connectivity index (χ1) is 12.9. The third-order valence-electron chi connectivity index (χ3n) is 4.92. The molecule has 27 heavy (non-hydrogen) atoms. The fourth-order valence-electron chi connectivity index (χ4n) is 3.29. The first-order valence-corrected chi connectivity index (χ1v) is 11.2. The summed E-state index contributed by atoms with van der Waals surface area (Å²) in [7, 11) is -3.50. The van der Waals surface area contributed by atoms with Crippen molar-refractivity contribution in [2.75, 3.05) is 13.1 Å². The lowest BCUT2D eigenvalue weighted by atomic mass is 10.1. The second kappa shape index (κ2) is 8.52. The van der Waals surface area contributed by atoms with Crippen LogP contribution in [0.1, 0.15) is 24.8 Å². The summed E-state index contributed by atoms with van der Waals surface area (Å²) < 4.78 is 39.4. The van der Waals surface area contributed by atoms with Gasteiger partial charge in [0, 0.05) is 24.0 Å². The SMILES string of the molecule is O=C(CCc1ccc(Br)cc1)N1CCC(S(=O)(=O)c2ccc(F)cc2)CC1. The van der Waals surface area contributed by atoms with Crippen LogP contribution >= 0.6 is 15.9 Å². The van der Waals surface area contributed by atoms with E-state index in [2.05, 4.69) is 15.9 Å². The molecule has 0 radical (unpaired) electrons. The Bertz CT molecular complexity index is 890. The van der Waals surface area contributed by atoms with E-state index < -0.39 is 20.9 Å². The van der Waals surface area contributed by atoms with Gasteiger partial charge in [0.15, 0.2) is 9.84 Å². The molecule has 7 heteroatoms. The lowest BCUT2D eigenvalue weighted by Gasteiger charge is -2.32. The molecule has 0 atom stereocenters. The highest BCUT2D eigenvalue weighted by atomic mass is 79.9. The van der Waals surface area contributed by atoms with Crippen molar-refractivity contribution >= 4 is 31.7 Å². The number of nitrogens with zero attached hydrogens (tertiary/aromatic N) is 1. The van der Waals surface area contributed by atoms with Gasteiger partial charge in [-0.25, -0.2) is 12.8 Å². The fourth-order valence-corrected chi connectivity index (χ4v) is 5.29. The average Bonchev–Trinajstić information content (AvgIpc) is 2.68. The van der Waals surface area contributed by atoms with Gasteiger partial charge in [-0.15, -0.1) is 0 Å². The Hall–Kier alpha value is -1.73. The summed E-state index contributed by atoms with van der Waals surface area (Å²) in [4.78, 5) is 14.3. The number of benzene rings is 2. The number of piperidine rings is 1. The van der Waals surface area contributed by atoms with Gasteiger partial charge in [-0.05, 0) is 61.2 Å². The number of carbonyl (C=O) groups excluding carboxylic acids is 1. The molecular weight excluding hydrogens is 433 g/mol. The van der Waals surface area contributed by atoms with Crippen LogP contribution in [0.15, 0.2) is 57.9 Å². The predicted molar refractivity (Wildman–Crippen MR) is 106 cm³/mol. The minimum atomic E-state index is -3.50. The maximum Gasteiger partial charge on any atom is 0.222 e. The van der Waals surface area contributed by atoms with E-state index in [4.69, 9.17) is 0 Å². The van der Waals surface area contributed by atoms with E-state index in [-0.39, 0.29) is 10.8 Å². The van der Waals surface area contributed by atoms with Gasteiger partial charge < -0.3 is 4.90 Å². The van der Waals surface area contributed by atoms with Crippen molar-refractivity contribution in [1.29, 1.82) is 0 Å². The standard InChI is InChI=1S/C20H21BrFNO3S/c21-16-4-1-15(2-5-16)3-10-20(24)23-13-11-19(12-14-23)27(25,26)18-8-6-17(22)7-9-18/h1-2,4-9,19H,3,10-14H2. The lowest BCUT2D eigenvalue weighted by Crippen LogP contribution is -2.42. The Labute approximate surface area is 167 Å². The second-order valence-electron chi connectivity index (χ2n) is 6.71. The molecule has 2 aromatic carbocycles. The smallest absolute Gasteiger partial charge is 0.222 e. The van der Waals surface area contributed by atoms with E-state index >= 15 is 0 Å². The maximum atomic E-state index is 13.0. The topological polar surface area (TPSA) is 54.5 Å². The van der Waals surface area contributed by atoms with E-state index in [9.17, 15) is 17.6 Å². The zero-order chi connectivity index (χ0) is 19.4.